The van der Waals surface area contributed by atoms with Crippen molar-refractivity contribution in [2.24, 2.45) is 0 Å². The van der Waals surface area contributed by atoms with E-state index >= 15 is 0 Å². The first kappa shape index (κ1) is 17.7. The fourth-order valence-corrected chi connectivity index (χ4v) is 2.69. The van der Waals surface area contributed by atoms with E-state index < -0.39 is 23.4 Å². The number of benzene rings is 2. The number of ether oxygens (including phenoxy) is 2. The van der Waals surface area contributed by atoms with Crippen LogP contribution in [0.15, 0.2) is 42.6 Å². The van der Waals surface area contributed by atoms with Gasteiger partial charge in [0.05, 0.1) is 24.9 Å². The van der Waals surface area contributed by atoms with E-state index in [1.54, 1.807) is 30.0 Å². The highest BCUT2D eigenvalue weighted by molar-refractivity contribution is 5.83. The van der Waals surface area contributed by atoms with Gasteiger partial charge in [0, 0.05) is 30.1 Å². The standard InChI is InChI=1S/C19H17F2NO4/c1-25-14-4-5-17-12(9-14)6-7-22(17)13-10-15(20)19(16(21)11-13)26-8-2-3-18(23)24/h4-7,9-11H,2-3,8H2,1H3,(H,23,24). The predicted octanol–water partition coefficient (Wildman–Crippen LogP) is 4.16. The van der Waals surface area contributed by atoms with Gasteiger partial charge in [-0.25, -0.2) is 8.78 Å². The van der Waals surface area contributed by atoms with Gasteiger partial charge in [0.1, 0.15) is 5.75 Å². The van der Waals surface area contributed by atoms with Crippen molar-refractivity contribution < 1.29 is 28.2 Å². The van der Waals surface area contributed by atoms with Crippen LogP contribution in [0.4, 0.5) is 8.78 Å². The fraction of sp³-hybridized carbons (Fsp3) is 0.211. The number of hydrogen-bond donors (Lipinski definition) is 1. The zero-order valence-corrected chi connectivity index (χ0v) is 14.0. The van der Waals surface area contributed by atoms with E-state index in [2.05, 4.69) is 0 Å². The van der Waals surface area contributed by atoms with E-state index in [0.29, 0.717) is 11.4 Å². The molecule has 0 aliphatic heterocycles. The number of carboxylic acids is 1. The predicted molar refractivity (Wildman–Crippen MR) is 92.1 cm³/mol. The van der Waals surface area contributed by atoms with Crippen molar-refractivity contribution in [3.05, 3.63) is 54.2 Å². The van der Waals surface area contributed by atoms with E-state index in [1.165, 1.54) is 12.1 Å². The third kappa shape index (κ3) is 3.61. The number of hydrogen-bond acceptors (Lipinski definition) is 3. The Kier molecular flexibility index (Phi) is 5.06. The highest BCUT2D eigenvalue weighted by Gasteiger charge is 2.15. The molecule has 3 aromatic rings. The lowest BCUT2D eigenvalue weighted by molar-refractivity contribution is -0.137. The average molecular weight is 361 g/mol. The van der Waals surface area contributed by atoms with Crippen LogP contribution in [-0.2, 0) is 4.79 Å². The maximum atomic E-state index is 14.3. The van der Waals surface area contributed by atoms with Gasteiger partial charge in [-0.3, -0.25) is 4.79 Å². The zero-order valence-electron chi connectivity index (χ0n) is 14.0. The van der Waals surface area contributed by atoms with Crippen molar-refractivity contribution in [3.63, 3.8) is 0 Å². The lowest BCUT2D eigenvalue weighted by Gasteiger charge is -2.11. The van der Waals surface area contributed by atoms with Gasteiger partial charge in [-0.1, -0.05) is 0 Å². The summed E-state index contributed by atoms with van der Waals surface area (Å²) in [6, 6.07) is 9.59. The van der Waals surface area contributed by atoms with Crippen molar-refractivity contribution in [2.45, 2.75) is 12.8 Å². The lowest BCUT2D eigenvalue weighted by atomic mass is 10.2. The van der Waals surface area contributed by atoms with Crippen LogP contribution in [0, 0.1) is 11.6 Å². The van der Waals surface area contributed by atoms with Gasteiger partial charge < -0.3 is 19.1 Å². The normalized spacial score (nSPS) is 10.9. The number of carbonyl (C=O) groups is 1. The Labute approximate surface area is 148 Å². The van der Waals surface area contributed by atoms with Crippen LogP contribution in [0.2, 0.25) is 0 Å². The molecule has 5 nitrogen and oxygen atoms in total. The minimum Gasteiger partial charge on any atom is -0.497 e. The first-order chi connectivity index (χ1) is 12.5. The van der Waals surface area contributed by atoms with E-state index in [-0.39, 0.29) is 19.4 Å². The number of aliphatic carboxylic acids is 1. The highest BCUT2D eigenvalue weighted by atomic mass is 19.1. The SMILES string of the molecule is COc1ccc2c(ccn2-c2cc(F)c(OCCCC(=O)O)c(F)c2)c1. The summed E-state index contributed by atoms with van der Waals surface area (Å²) in [6.07, 6.45) is 1.76. The molecule has 0 unspecified atom stereocenters. The molecule has 136 valence electrons. The third-order valence-corrected chi connectivity index (χ3v) is 3.94. The first-order valence-corrected chi connectivity index (χ1v) is 7.98. The number of halogens is 2. The molecule has 0 fully saturated rings. The molecule has 0 radical (unpaired) electrons. The van der Waals surface area contributed by atoms with Crippen LogP contribution in [0.1, 0.15) is 12.8 Å². The van der Waals surface area contributed by atoms with Gasteiger partial charge >= 0.3 is 5.97 Å². The van der Waals surface area contributed by atoms with Crippen molar-refractivity contribution in [2.75, 3.05) is 13.7 Å². The smallest absolute Gasteiger partial charge is 0.303 e. The number of methoxy groups -OCH3 is 1. The Bertz CT molecular complexity index is 929. The summed E-state index contributed by atoms with van der Waals surface area (Å²) in [6.45, 7) is -0.0776. The first-order valence-electron chi connectivity index (χ1n) is 7.98. The van der Waals surface area contributed by atoms with Crippen molar-refractivity contribution in [1.29, 1.82) is 0 Å². The monoisotopic (exact) mass is 361 g/mol. The van der Waals surface area contributed by atoms with Gasteiger partial charge in [0.2, 0.25) is 0 Å². The molecule has 0 spiro atoms. The molecule has 2 aromatic carbocycles. The van der Waals surface area contributed by atoms with Gasteiger partial charge in [0.25, 0.3) is 0 Å². The second kappa shape index (κ2) is 7.43. The maximum Gasteiger partial charge on any atom is 0.303 e. The van der Waals surface area contributed by atoms with Crippen molar-refractivity contribution >= 4 is 16.9 Å². The molecule has 1 heterocycles. The maximum absolute atomic E-state index is 14.3. The molecule has 0 amide bonds. The largest absolute Gasteiger partial charge is 0.497 e. The van der Waals surface area contributed by atoms with Crippen molar-refractivity contribution in [1.82, 2.24) is 4.57 Å². The molecule has 1 N–H and O–H groups in total. The summed E-state index contributed by atoms with van der Waals surface area (Å²) in [5.41, 5.74) is 1.10. The molecule has 0 bridgehead atoms. The van der Waals surface area contributed by atoms with Gasteiger partial charge in [0.15, 0.2) is 17.4 Å². The number of fused-ring (bicyclic) bond motifs is 1. The highest BCUT2D eigenvalue weighted by Crippen LogP contribution is 2.29. The summed E-state index contributed by atoms with van der Waals surface area (Å²) in [5, 5.41) is 9.44. The van der Waals surface area contributed by atoms with Crippen LogP contribution in [-0.4, -0.2) is 29.4 Å². The van der Waals surface area contributed by atoms with Crippen LogP contribution < -0.4 is 9.47 Å². The van der Waals surface area contributed by atoms with E-state index in [1.807, 2.05) is 12.1 Å². The van der Waals surface area contributed by atoms with Crippen molar-refractivity contribution in [3.8, 4) is 17.2 Å². The topological polar surface area (TPSA) is 60.7 Å². The zero-order chi connectivity index (χ0) is 18.7. The Hall–Kier alpha value is -3.09. The molecule has 0 saturated heterocycles. The fourth-order valence-electron chi connectivity index (χ4n) is 2.69. The van der Waals surface area contributed by atoms with Crippen LogP contribution in [0.5, 0.6) is 11.5 Å². The van der Waals surface area contributed by atoms with Crippen LogP contribution in [0.3, 0.4) is 0 Å². The lowest BCUT2D eigenvalue weighted by Crippen LogP contribution is -2.05. The average Bonchev–Trinajstić information content (AvgIpc) is 3.03. The molecule has 0 aliphatic rings. The summed E-state index contributed by atoms with van der Waals surface area (Å²) in [7, 11) is 1.57. The van der Waals surface area contributed by atoms with Gasteiger partial charge in [-0.05, 0) is 30.7 Å². The Morgan fingerprint density at radius 1 is 1.15 bits per heavy atom. The number of aromatic nitrogens is 1. The quantitative estimate of drug-likeness (QED) is 0.642. The van der Waals surface area contributed by atoms with E-state index in [0.717, 1.165) is 10.9 Å². The Morgan fingerprint density at radius 3 is 2.54 bits per heavy atom. The molecule has 26 heavy (non-hydrogen) atoms. The molecular formula is C19H17F2NO4. The molecular weight excluding hydrogens is 344 g/mol. The molecule has 0 saturated carbocycles. The second-order valence-corrected chi connectivity index (χ2v) is 5.69. The van der Waals surface area contributed by atoms with Crippen LogP contribution >= 0.6 is 0 Å². The van der Waals surface area contributed by atoms with Gasteiger partial charge in [-0.2, -0.15) is 0 Å². The summed E-state index contributed by atoms with van der Waals surface area (Å²) in [4.78, 5) is 10.5. The molecule has 0 aliphatic carbocycles. The summed E-state index contributed by atoms with van der Waals surface area (Å²) in [5.74, 6) is -2.48. The Morgan fingerprint density at radius 2 is 1.88 bits per heavy atom. The van der Waals surface area contributed by atoms with Gasteiger partial charge in [-0.15, -0.1) is 0 Å². The third-order valence-electron chi connectivity index (χ3n) is 3.94. The van der Waals surface area contributed by atoms with E-state index in [4.69, 9.17) is 14.6 Å². The molecule has 3 rings (SSSR count). The minimum atomic E-state index is -0.985. The minimum absolute atomic E-state index is 0.0776. The number of carboxylic acid groups (broad SMARTS) is 1. The Balaban J connectivity index is 1.87. The second-order valence-electron chi connectivity index (χ2n) is 5.69. The van der Waals surface area contributed by atoms with Crippen LogP contribution in [0.25, 0.3) is 16.6 Å². The summed E-state index contributed by atoms with van der Waals surface area (Å²) >= 11 is 0. The molecule has 7 heteroatoms. The number of nitrogens with zero attached hydrogens (tertiary/aromatic N) is 1. The number of rotatable bonds is 7. The summed E-state index contributed by atoms with van der Waals surface area (Å²) < 4.78 is 40.5. The molecule has 1 aromatic heterocycles. The van der Waals surface area contributed by atoms with E-state index in [9.17, 15) is 13.6 Å². The molecule has 0 atom stereocenters.